The van der Waals surface area contributed by atoms with Gasteiger partial charge in [0.2, 0.25) is 0 Å². The zero-order chi connectivity index (χ0) is 13.4. The first kappa shape index (κ1) is 12.0. The van der Waals surface area contributed by atoms with Gasteiger partial charge >= 0.3 is 5.69 Å². The average molecular weight is 274 g/mol. The topological polar surface area (TPSA) is 74.7 Å². The molecule has 1 unspecified atom stereocenters. The zero-order valence-corrected chi connectivity index (χ0v) is 10.7. The monoisotopic (exact) mass is 273 g/mol. The molecule has 1 heterocycles. The van der Waals surface area contributed by atoms with Gasteiger partial charge in [0.25, 0.3) is 0 Å². The number of hydrogen-bond donors (Lipinski definition) is 3. The van der Waals surface area contributed by atoms with E-state index >= 15 is 0 Å². The molecular weight excluding hydrogens is 262 g/mol. The number of halogens is 1. The van der Waals surface area contributed by atoms with Gasteiger partial charge in [-0.25, -0.2) is 4.79 Å². The fourth-order valence-electron chi connectivity index (χ4n) is 2.15. The molecule has 3 aromatic rings. The zero-order valence-electron chi connectivity index (χ0n) is 9.98. The Morgan fingerprint density at radius 3 is 2.58 bits per heavy atom. The number of aromatic amines is 2. The Morgan fingerprint density at radius 1 is 1.05 bits per heavy atom. The summed E-state index contributed by atoms with van der Waals surface area (Å²) in [7, 11) is 0. The molecule has 0 fully saturated rings. The maximum atomic E-state index is 11.2. The minimum atomic E-state index is -0.323. The van der Waals surface area contributed by atoms with Crippen molar-refractivity contribution in [3.05, 3.63) is 69.1 Å². The van der Waals surface area contributed by atoms with Crippen LogP contribution in [0, 0.1) is 0 Å². The van der Waals surface area contributed by atoms with Crippen LogP contribution in [0.2, 0.25) is 5.02 Å². The van der Waals surface area contributed by atoms with Gasteiger partial charge in [-0.05, 0) is 29.3 Å². The number of nitrogens with one attached hydrogen (secondary N) is 2. The lowest BCUT2D eigenvalue weighted by Crippen LogP contribution is -2.12. The SMILES string of the molecule is NC(c1ccc2[nH]c(=O)[nH]c2c1)c1ccccc1Cl. The molecule has 0 aliphatic heterocycles. The molecule has 4 nitrogen and oxygen atoms in total. The molecule has 19 heavy (non-hydrogen) atoms. The second-order valence-electron chi connectivity index (χ2n) is 4.38. The van der Waals surface area contributed by atoms with Gasteiger partial charge in [-0.15, -0.1) is 0 Å². The van der Waals surface area contributed by atoms with Crippen molar-refractivity contribution in [2.24, 2.45) is 5.73 Å². The highest BCUT2D eigenvalue weighted by Gasteiger charge is 2.12. The summed E-state index contributed by atoms with van der Waals surface area (Å²) in [6.45, 7) is 0. The van der Waals surface area contributed by atoms with Gasteiger partial charge < -0.3 is 15.7 Å². The largest absolute Gasteiger partial charge is 0.323 e. The quantitative estimate of drug-likeness (QED) is 0.671. The van der Waals surface area contributed by atoms with Crippen molar-refractivity contribution in [1.29, 1.82) is 0 Å². The van der Waals surface area contributed by atoms with Crippen LogP contribution in [0.4, 0.5) is 0 Å². The Morgan fingerprint density at radius 2 is 1.79 bits per heavy atom. The molecule has 3 rings (SSSR count). The first-order valence-corrected chi connectivity index (χ1v) is 6.25. The summed E-state index contributed by atoms with van der Waals surface area (Å²) >= 11 is 6.15. The van der Waals surface area contributed by atoms with Crippen LogP contribution in [0.1, 0.15) is 17.2 Å². The van der Waals surface area contributed by atoms with Crippen molar-refractivity contribution in [3.63, 3.8) is 0 Å². The van der Waals surface area contributed by atoms with Crippen LogP contribution in [-0.2, 0) is 0 Å². The van der Waals surface area contributed by atoms with E-state index in [4.69, 9.17) is 17.3 Å². The number of fused-ring (bicyclic) bond motifs is 1. The summed E-state index contributed by atoms with van der Waals surface area (Å²) in [5, 5.41) is 0.637. The van der Waals surface area contributed by atoms with Gasteiger partial charge in [-0.1, -0.05) is 35.9 Å². The third-order valence-corrected chi connectivity index (χ3v) is 3.48. The average Bonchev–Trinajstić information content (AvgIpc) is 2.77. The second kappa shape index (κ2) is 4.57. The van der Waals surface area contributed by atoms with E-state index in [0.717, 1.165) is 22.2 Å². The van der Waals surface area contributed by atoms with Gasteiger partial charge in [-0.2, -0.15) is 0 Å². The predicted molar refractivity (Wildman–Crippen MR) is 76.4 cm³/mol. The summed E-state index contributed by atoms with van der Waals surface area (Å²) < 4.78 is 0. The number of nitrogens with two attached hydrogens (primary N) is 1. The fraction of sp³-hybridized carbons (Fsp3) is 0.0714. The van der Waals surface area contributed by atoms with Crippen LogP contribution >= 0.6 is 11.6 Å². The number of imidazole rings is 1. The first-order valence-electron chi connectivity index (χ1n) is 5.87. The fourth-order valence-corrected chi connectivity index (χ4v) is 2.40. The maximum absolute atomic E-state index is 11.2. The van der Waals surface area contributed by atoms with E-state index < -0.39 is 0 Å². The highest BCUT2D eigenvalue weighted by molar-refractivity contribution is 6.31. The normalized spacial score (nSPS) is 12.7. The van der Waals surface area contributed by atoms with E-state index in [1.165, 1.54) is 0 Å². The molecule has 0 amide bonds. The molecular formula is C14H12ClN3O. The Kier molecular flexibility index (Phi) is 2.89. The van der Waals surface area contributed by atoms with Crippen LogP contribution in [0.5, 0.6) is 0 Å². The summed E-state index contributed by atoms with van der Waals surface area (Å²) in [6, 6.07) is 12.7. The number of H-pyrrole nitrogens is 2. The highest BCUT2D eigenvalue weighted by Crippen LogP contribution is 2.27. The van der Waals surface area contributed by atoms with Crippen molar-refractivity contribution in [2.75, 3.05) is 0 Å². The number of rotatable bonds is 2. The molecule has 2 aromatic carbocycles. The number of benzene rings is 2. The van der Waals surface area contributed by atoms with Crippen LogP contribution < -0.4 is 11.4 Å². The molecule has 1 atom stereocenters. The number of hydrogen-bond acceptors (Lipinski definition) is 2. The molecule has 0 radical (unpaired) electrons. The lowest BCUT2D eigenvalue weighted by atomic mass is 9.99. The summed E-state index contributed by atoms with van der Waals surface area (Å²) in [5.41, 5.74) is 9.27. The van der Waals surface area contributed by atoms with Gasteiger partial charge in [0, 0.05) is 5.02 Å². The minimum Gasteiger partial charge on any atom is -0.320 e. The molecule has 0 bridgehead atoms. The standard InChI is InChI=1S/C14H12ClN3O/c15-10-4-2-1-3-9(10)13(16)8-5-6-11-12(7-8)18-14(19)17-11/h1-7,13H,16H2,(H2,17,18,19). The van der Waals surface area contributed by atoms with E-state index in [0.29, 0.717) is 5.02 Å². The summed E-state index contributed by atoms with van der Waals surface area (Å²) in [4.78, 5) is 16.6. The Labute approximate surface area is 114 Å². The molecule has 0 aliphatic rings. The van der Waals surface area contributed by atoms with Crippen molar-refractivity contribution < 1.29 is 0 Å². The Bertz CT molecular complexity index is 790. The van der Waals surface area contributed by atoms with Crippen LogP contribution in [0.25, 0.3) is 11.0 Å². The molecule has 5 heteroatoms. The van der Waals surface area contributed by atoms with E-state index in [1.54, 1.807) is 0 Å². The van der Waals surface area contributed by atoms with Gasteiger partial charge in [-0.3, -0.25) is 0 Å². The number of aromatic nitrogens is 2. The van der Waals surface area contributed by atoms with E-state index in [2.05, 4.69) is 9.97 Å². The van der Waals surface area contributed by atoms with Crippen molar-refractivity contribution in [3.8, 4) is 0 Å². The minimum absolute atomic E-state index is 0.224. The lowest BCUT2D eigenvalue weighted by Gasteiger charge is -2.14. The summed E-state index contributed by atoms with van der Waals surface area (Å²) in [6.07, 6.45) is 0. The smallest absolute Gasteiger partial charge is 0.320 e. The first-order chi connectivity index (χ1) is 9.15. The van der Waals surface area contributed by atoms with Crippen LogP contribution in [0.3, 0.4) is 0 Å². The van der Waals surface area contributed by atoms with Crippen molar-refractivity contribution in [2.45, 2.75) is 6.04 Å². The van der Waals surface area contributed by atoms with Gasteiger partial charge in [0.05, 0.1) is 17.1 Å². The molecule has 0 spiro atoms. The predicted octanol–water partition coefficient (Wildman–Crippen LogP) is 2.56. The highest BCUT2D eigenvalue weighted by atomic mass is 35.5. The summed E-state index contributed by atoms with van der Waals surface area (Å²) in [5.74, 6) is 0. The van der Waals surface area contributed by atoms with Crippen LogP contribution in [-0.4, -0.2) is 9.97 Å². The third-order valence-electron chi connectivity index (χ3n) is 3.14. The maximum Gasteiger partial charge on any atom is 0.323 e. The molecule has 0 saturated heterocycles. The van der Waals surface area contributed by atoms with E-state index in [1.807, 2.05) is 42.5 Å². The van der Waals surface area contributed by atoms with Gasteiger partial charge in [0.1, 0.15) is 0 Å². The van der Waals surface area contributed by atoms with E-state index in [9.17, 15) is 4.79 Å². The van der Waals surface area contributed by atoms with E-state index in [-0.39, 0.29) is 11.7 Å². The molecule has 1 aromatic heterocycles. The Hall–Kier alpha value is -2.04. The van der Waals surface area contributed by atoms with Gasteiger partial charge in [0.15, 0.2) is 0 Å². The lowest BCUT2D eigenvalue weighted by molar-refractivity contribution is 0.873. The van der Waals surface area contributed by atoms with Crippen molar-refractivity contribution >= 4 is 22.6 Å². The van der Waals surface area contributed by atoms with Crippen molar-refractivity contribution in [1.82, 2.24) is 9.97 Å². The third kappa shape index (κ3) is 2.16. The molecule has 96 valence electrons. The second-order valence-corrected chi connectivity index (χ2v) is 4.79. The molecule has 0 aliphatic carbocycles. The Balaban J connectivity index is 2.08. The molecule has 0 saturated carbocycles. The van der Waals surface area contributed by atoms with Crippen LogP contribution in [0.15, 0.2) is 47.3 Å². The molecule has 4 N–H and O–H groups in total.